The Hall–Kier alpha value is -2.25. The predicted octanol–water partition coefficient (Wildman–Crippen LogP) is 2.80. The summed E-state index contributed by atoms with van der Waals surface area (Å²) in [6.07, 6.45) is 3.41. The highest BCUT2D eigenvalue weighted by molar-refractivity contribution is 7.71. The first-order chi connectivity index (χ1) is 12.6. The van der Waals surface area contributed by atoms with Crippen LogP contribution in [0.15, 0.2) is 36.4 Å². The van der Waals surface area contributed by atoms with Crippen molar-refractivity contribution < 1.29 is 9.53 Å². The third kappa shape index (κ3) is 4.28. The second kappa shape index (κ2) is 8.42. The van der Waals surface area contributed by atoms with Gasteiger partial charge in [-0.05, 0) is 36.7 Å². The van der Waals surface area contributed by atoms with Crippen LogP contribution in [0, 0.1) is 4.77 Å². The first kappa shape index (κ1) is 18.5. The lowest BCUT2D eigenvalue weighted by Gasteiger charge is -2.26. The highest BCUT2D eigenvalue weighted by Gasteiger charge is 2.17. The molecule has 1 aliphatic heterocycles. The Labute approximate surface area is 158 Å². The molecule has 0 bridgehead atoms. The molecule has 26 heavy (non-hydrogen) atoms. The summed E-state index contributed by atoms with van der Waals surface area (Å²) in [4.78, 5) is 14.0. The summed E-state index contributed by atoms with van der Waals surface area (Å²) >= 11 is 5.47. The average Bonchev–Trinajstić information content (AvgIpc) is 2.91. The minimum Gasteiger partial charge on any atom is -0.466 e. The van der Waals surface area contributed by atoms with Crippen LogP contribution in [0.3, 0.4) is 0 Å². The van der Waals surface area contributed by atoms with E-state index in [1.807, 2.05) is 13.1 Å². The first-order valence-electron chi connectivity index (χ1n) is 8.83. The van der Waals surface area contributed by atoms with Gasteiger partial charge in [-0.1, -0.05) is 36.4 Å². The molecule has 0 fully saturated rings. The molecule has 0 radical (unpaired) electrons. The Morgan fingerprint density at radius 2 is 2.08 bits per heavy atom. The van der Waals surface area contributed by atoms with E-state index in [2.05, 4.69) is 40.3 Å². The minimum absolute atomic E-state index is 0.138. The fourth-order valence-electron chi connectivity index (χ4n) is 3.06. The number of esters is 1. The molecule has 0 unspecified atom stereocenters. The molecule has 0 saturated carbocycles. The molecule has 0 atom stereocenters. The maximum absolute atomic E-state index is 11.7. The lowest BCUT2D eigenvalue weighted by Crippen LogP contribution is -2.31. The van der Waals surface area contributed by atoms with E-state index in [0.29, 0.717) is 23.9 Å². The molecule has 6 nitrogen and oxygen atoms in total. The minimum atomic E-state index is -0.281. The number of ether oxygens (including phenoxy) is 1. The topological polar surface area (TPSA) is 52.3 Å². The van der Waals surface area contributed by atoms with Gasteiger partial charge in [0.2, 0.25) is 0 Å². The monoisotopic (exact) mass is 372 g/mol. The van der Waals surface area contributed by atoms with Crippen molar-refractivity contribution in [2.45, 2.75) is 26.4 Å². The highest BCUT2D eigenvalue weighted by Crippen LogP contribution is 2.22. The first-order valence-corrected chi connectivity index (χ1v) is 9.24. The number of carbonyl (C=O) groups is 1. The van der Waals surface area contributed by atoms with Crippen LogP contribution < -0.4 is 0 Å². The zero-order chi connectivity index (χ0) is 18.5. The summed E-state index contributed by atoms with van der Waals surface area (Å²) in [7, 11) is 1.84. The molecule has 7 heteroatoms. The number of benzene rings is 1. The third-order valence-electron chi connectivity index (χ3n) is 4.51. The van der Waals surface area contributed by atoms with Crippen LogP contribution in [0.5, 0.6) is 0 Å². The van der Waals surface area contributed by atoms with E-state index in [1.165, 1.54) is 11.1 Å². The van der Waals surface area contributed by atoms with E-state index >= 15 is 0 Å². The molecule has 1 aliphatic rings. The number of rotatable bonds is 6. The Bertz CT molecular complexity index is 854. The van der Waals surface area contributed by atoms with Crippen LogP contribution in [0.2, 0.25) is 0 Å². The van der Waals surface area contributed by atoms with Crippen molar-refractivity contribution in [2.75, 3.05) is 19.7 Å². The highest BCUT2D eigenvalue weighted by atomic mass is 32.1. The summed E-state index contributed by atoms with van der Waals surface area (Å²) in [6, 6.07) is 10.5. The maximum Gasteiger partial charge on any atom is 0.313 e. The SMILES string of the molecule is CCOC(=O)Cc1nn(CN2CC=C(c3ccccc3)CC2)c(=S)n1C. The van der Waals surface area contributed by atoms with Gasteiger partial charge in [-0.2, -0.15) is 5.10 Å². The van der Waals surface area contributed by atoms with Gasteiger partial charge in [0.25, 0.3) is 0 Å². The van der Waals surface area contributed by atoms with Gasteiger partial charge in [-0.25, -0.2) is 4.68 Å². The zero-order valence-corrected chi connectivity index (χ0v) is 16.0. The molecule has 3 rings (SSSR count). The zero-order valence-electron chi connectivity index (χ0n) is 15.2. The molecular formula is C19H24N4O2S. The Kier molecular flexibility index (Phi) is 6.00. The Morgan fingerprint density at radius 3 is 2.73 bits per heavy atom. The molecule has 0 spiro atoms. The normalized spacial score (nSPS) is 14.9. The van der Waals surface area contributed by atoms with E-state index in [-0.39, 0.29) is 12.4 Å². The van der Waals surface area contributed by atoms with Gasteiger partial charge in [-0.3, -0.25) is 9.69 Å². The van der Waals surface area contributed by atoms with Crippen LogP contribution in [0.4, 0.5) is 0 Å². The largest absolute Gasteiger partial charge is 0.466 e. The van der Waals surface area contributed by atoms with Gasteiger partial charge in [0, 0.05) is 20.1 Å². The van der Waals surface area contributed by atoms with Crippen molar-refractivity contribution in [3.63, 3.8) is 0 Å². The molecule has 138 valence electrons. The van der Waals surface area contributed by atoms with Gasteiger partial charge in [0.1, 0.15) is 12.2 Å². The summed E-state index contributed by atoms with van der Waals surface area (Å²) in [6.45, 7) is 4.59. The molecule has 2 aromatic rings. The lowest BCUT2D eigenvalue weighted by molar-refractivity contribution is -0.142. The fourth-order valence-corrected chi connectivity index (χ4v) is 3.27. The Morgan fingerprint density at radius 1 is 1.31 bits per heavy atom. The maximum atomic E-state index is 11.7. The van der Waals surface area contributed by atoms with Gasteiger partial charge >= 0.3 is 5.97 Å². The number of hydrogen-bond donors (Lipinski definition) is 0. The van der Waals surface area contributed by atoms with E-state index in [9.17, 15) is 4.79 Å². The van der Waals surface area contributed by atoms with Crippen LogP contribution in [0.1, 0.15) is 24.7 Å². The number of hydrogen-bond acceptors (Lipinski definition) is 5. The van der Waals surface area contributed by atoms with Gasteiger partial charge < -0.3 is 9.30 Å². The molecule has 2 heterocycles. The van der Waals surface area contributed by atoms with Crippen LogP contribution in [-0.4, -0.2) is 44.9 Å². The van der Waals surface area contributed by atoms with E-state index in [4.69, 9.17) is 17.0 Å². The number of carbonyl (C=O) groups excluding carboxylic acids is 1. The van der Waals surface area contributed by atoms with Gasteiger partial charge in [-0.15, -0.1) is 0 Å². The van der Waals surface area contributed by atoms with Crippen molar-refractivity contribution in [1.29, 1.82) is 0 Å². The molecule has 0 aliphatic carbocycles. The lowest BCUT2D eigenvalue weighted by atomic mass is 10.00. The molecule has 1 aromatic heterocycles. The predicted molar refractivity (Wildman–Crippen MR) is 103 cm³/mol. The smallest absolute Gasteiger partial charge is 0.313 e. The molecule has 0 N–H and O–H groups in total. The summed E-state index contributed by atoms with van der Waals surface area (Å²) in [5.74, 6) is 0.349. The van der Waals surface area contributed by atoms with Gasteiger partial charge in [0.05, 0.1) is 13.3 Å². The van der Waals surface area contributed by atoms with Crippen LogP contribution in [-0.2, 0) is 29.7 Å². The summed E-state index contributed by atoms with van der Waals surface area (Å²) in [5.41, 5.74) is 2.67. The quantitative estimate of drug-likeness (QED) is 0.576. The number of aromatic nitrogens is 3. The van der Waals surface area contributed by atoms with Crippen LogP contribution >= 0.6 is 12.2 Å². The van der Waals surface area contributed by atoms with E-state index < -0.39 is 0 Å². The Balaban J connectivity index is 1.66. The molecule has 0 amide bonds. The fraction of sp³-hybridized carbons (Fsp3) is 0.421. The second-order valence-electron chi connectivity index (χ2n) is 6.30. The van der Waals surface area contributed by atoms with Crippen molar-refractivity contribution >= 4 is 23.8 Å². The molecule has 0 saturated heterocycles. The standard InChI is InChI=1S/C19H24N4O2S/c1-3-25-18(24)13-17-20-23(19(26)21(17)2)14-22-11-9-16(10-12-22)15-7-5-4-6-8-15/h4-9H,3,10-14H2,1-2H3. The van der Waals surface area contributed by atoms with E-state index in [0.717, 1.165) is 19.5 Å². The van der Waals surface area contributed by atoms with Crippen LogP contribution in [0.25, 0.3) is 5.57 Å². The van der Waals surface area contributed by atoms with E-state index in [1.54, 1.807) is 16.2 Å². The summed E-state index contributed by atoms with van der Waals surface area (Å²) in [5, 5.41) is 4.52. The second-order valence-corrected chi connectivity index (χ2v) is 6.67. The van der Waals surface area contributed by atoms with Crippen molar-refractivity contribution in [3.05, 3.63) is 52.6 Å². The number of nitrogens with zero attached hydrogens (tertiary/aromatic N) is 4. The van der Waals surface area contributed by atoms with Crippen molar-refractivity contribution in [3.8, 4) is 0 Å². The van der Waals surface area contributed by atoms with Gasteiger partial charge in [0.15, 0.2) is 4.77 Å². The van der Waals surface area contributed by atoms with Crippen molar-refractivity contribution in [1.82, 2.24) is 19.2 Å². The summed E-state index contributed by atoms with van der Waals surface area (Å²) < 4.78 is 9.18. The molecular weight excluding hydrogens is 348 g/mol. The average molecular weight is 372 g/mol. The third-order valence-corrected chi connectivity index (χ3v) is 5.00. The van der Waals surface area contributed by atoms with Crippen molar-refractivity contribution in [2.24, 2.45) is 7.05 Å². The molecule has 1 aromatic carbocycles.